The second kappa shape index (κ2) is 8.07. The maximum Gasteiger partial charge on any atom is 0.163 e. The van der Waals surface area contributed by atoms with Crippen LogP contribution in [0.15, 0.2) is 54.0 Å². The standard InChI is InChI=1S/C17H20O4/c1-12(9-16(21-4)17(19)13(2)10-18)15-7-5-14(6-8-15)11-20-3/h5-10,19H,1,11H2,2-4H3/b16-9+,17-13-. The number of allylic oxidation sites excluding steroid dienone is 3. The van der Waals surface area contributed by atoms with Crippen molar-refractivity contribution in [2.45, 2.75) is 13.5 Å². The summed E-state index contributed by atoms with van der Waals surface area (Å²) in [6, 6.07) is 7.70. The molecular formula is C17H20O4. The Kier molecular flexibility index (Phi) is 6.43. The number of carbonyl (C=O) groups excluding carboxylic acids is 1. The molecule has 0 radical (unpaired) electrons. The number of hydrogen-bond acceptors (Lipinski definition) is 4. The smallest absolute Gasteiger partial charge is 0.163 e. The van der Waals surface area contributed by atoms with E-state index in [0.29, 0.717) is 18.5 Å². The Bertz CT molecular complexity index is 565. The molecule has 1 rings (SSSR count). The van der Waals surface area contributed by atoms with Gasteiger partial charge in [0, 0.05) is 12.7 Å². The molecule has 0 saturated carbocycles. The number of hydrogen-bond donors (Lipinski definition) is 1. The summed E-state index contributed by atoms with van der Waals surface area (Å²) in [5, 5.41) is 9.88. The van der Waals surface area contributed by atoms with Gasteiger partial charge in [-0.3, -0.25) is 4.79 Å². The molecule has 0 unspecified atom stereocenters. The zero-order valence-corrected chi connectivity index (χ0v) is 12.6. The van der Waals surface area contributed by atoms with Crippen LogP contribution >= 0.6 is 0 Å². The van der Waals surface area contributed by atoms with E-state index >= 15 is 0 Å². The van der Waals surface area contributed by atoms with Crippen molar-refractivity contribution < 1.29 is 19.4 Å². The third-order valence-corrected chi connectivity index (χ3v) is 2.94. The van der Waals surface area contributed by atoms with E-state index in [1.807, 2.05) is 24.3 Å². The van der Waals surface area contributed by atoms with Crippen LogP contribution in [0.5, 0.6) is 0 Å². The third-order valence-electron chi connectivity index (χ3n) is 2.94. The Morgan fingerprint density at radius 3 is 2.38 bits per heavy atom. The molecular weight excluding hydrogens is 268 g/mol. The lowest BCUT2D eigenvalue weighted by molar-refractivity contribution is -0.105. The molecule has 0 saturated heterocycles. The average Bonchev–Trinajstić information content (AvgIpc) is 2.51. The quantitative estimate of drug-likeness (QED) is 0.361. The first-order chi connectivity index (χ1) is 10.0. The fraction of sp³-hybridized carbons (Fsp3) is 0.235. The molecule has 0 bridgehead atoms. The first-order valence-corrected chi connectivity index (χ1v) is 6.41. The molecule has 0 atom stereocenters. The average molecular weight is 288 g/mol. The lowest BCUT2D eigenvalue weighted by atomic mass is 10.0. The van der Waals surface area contributed by atoms with Gasteiger partial charge in [0.15, 0.2) is 11.5 Å². The normalized spacial score (nSPS) is 12.6. The van der Waals surface area contributed by atoms with Gasteiger partial charge in [-0.1, -0.05) is 30.8 Å². The molecule has 0 aliphatic heterocycles. The van der Waals surface area contributed by atoms with Crippen LogP contribution in [0.25, 0.3) is 5.57 Å². The highest BCUT2D eigenvalue weighted by molar-refractivity contribution is 5.76. The van der Waals surface area contributed by atoms with Crippen LogP contribution < -0.4 is 0 Å². The van der Waals surface area contributed by atoms with Crippen molar-refractivity contribution in [3.63, 3.8) is 0 Å². The van der Waals surface area contributed by atoms with E-state index in [-0.39, 0.29) is 17.1 Å². The molecule has 4 nitrogen and oxygen atoms in total. The van der Waals surface area contributed by atoms with Gasteiger partial charge in [0.1, 0.15) is 6.29 Å². The van der Waals surface area contributed by atoms with Crippen LogP contribution in [-0.4, -0.2) is 25.6 Å². The topological polar surface area (TPSA) is 55.8 Å². The number of aliphatic hydroxyl groups excluding tert-OH is 1. The predicted octanol–water partition coefficient (Wildman–Crippen LogP) is 3.41. The van der Waals surface area contributed by atoms with Crippen LogP contribution in [0.2, 0.25) is 0 Å². The zero-order chi connectivity index (χ0) is 15.8. The molecule has 0 heterocycles. The largest absolute Gasteiger partial charge is 0.504 e. The monoisotopic (exact) mass is 288 g/mol. The summed E-state index contributed by atoms with van der Waals surface area (Å²) in [7, 11) is 3.07. The van der Waals surface area contributed by atoms with Crippen molar-refractivity contribution in [1.82, 2.24) is 0 Å². The van der Waals surface area contributed by atoms with Crippen LogP contribution in [0.4, 0.5) is 0 Å². The lowest BCUT2D eigenvalue weighted by Gasteiger charge is -2.09. The summed E-state index contributed by atoms with van der Waals surface area (Å²) in [6.45, 7) is 6.01. The van der Waals surface area contributed by atoms with Crippen molar-refractivity contribution in [3.8, 4) is 0 Å². The Labute approximate surface area is 125 Å². The zero-order valence-electron chi connectivity index (χ0n) is 12.6. The fourth-order valence-electron chi connectivity index (χ4n) is 1.70. The SMILES string of the molecule is C=C(/C=C(OC)\C(O)=C(/C)C=O)c1ccc(COC)cc1. The molecule has 112 valence electrons. The van der Waals surface area contributed by atoms with Crippen LogP contribution in [0, 0.1) is 0 Å². The van der Waals surface area contributed by atoms with Gasteiger partial charge < -0.3 is 14.6 Å². The molecule has 0 fully saturated rings. The fourth-order valence-corrected chi connectivity index (χ4v) is 1.70. The van der Waals surface area contributed by atoms with Crippen molar-refractivity contribution in [2.24, 2.45) is 0 Å². The minimum absolute atomic E-state index is 0.190. The van der Waals surface area contributed by atoms with Crippen molar-refractivity contribution >= 4 is 11.9 Å². The Balaban J connectivity index is 3.01. The van der Waals surface area contributed by atoms with E-state index in [2.05, 4.69) is 6.58 Å². The van der Waals surface area contributed by atoms with E-state index in [4.69, 9.17) is 9.47 Å². The molecule has 1 aromatic rings. The maximum absolute atomic E-state index is 10.7. The highest BCUT2D eigenvalue weighted by Gasteiger charge is 2.08. The summed E-state index contributed by atoms with van der Waals surface area (Å²) >= 11 is 0. The van der Waals surface area contributed by atoms with Crippen LogP contribution in [-0.2, 0) is 20.9 Å². The van der Waals surface area contributed by atoms with Crippen LogP contribution in [0.1, 0.15) is 18.1 Å². The molecule has 1 aromatic carbocycles. The lowest BCUT2D eigenvalue weighted by Crippen LogP contribution is -1.97. The highest BCUT2D eigenvalue weighted by Crippen LogP contribution is 2.20. The summed E-state index contributed by atoms with van der Waals surface area (Å²) in [5.74, 6) is 0.00946. The van der Waals surface area contributed by atoms with Gasteiger partial charge in [-0.25, -0.2) is 0 Å². The molecule has 0 aromatic heterocycles. The second-order valence-electron chi connectivity index (χ2n) is 4.52. The number of rotatable bonds is 7. The van der Waals surface area contributed by atoms with Crippen molar-refractivity contribution in [3.05, 3.63) is 65.1 Å². The van der Waals surface area contributed by atoms with E-state index in [1.165, 1.54) is 14.0 Å². The van der Waals surface area contributed by atoms with Gasteiger partial charge in [-0.05, 0) is 29.7 Å². The number of aldehydes is 1. The molecule has 0 spiro atoms. The third kappa shape index (κ3) is 4.61. The Morgan fingerprint density at radius 2 is 1.90 bits per heavy atom. The molecule has 0 aliphatic rings. The number of carbonyl (C=O) groups is 1. The molecule has 0 aliphatic carbocycles. The van der Waals surface area contributed by atoms with Crippen molar-refractivity contribution in [1.29, 1.82) is 0 Å². The van der Waals surface area contributed by atoms with E-state index in [1.54, 1.807) is 13.2 Å². The minimum atomic E-state index is -0.190. The summed E-state index contributed by atoms with van der Waals surface area (Å²) < 4.78 is 10.2. The van der Waals surface area contributed by atoms with Gasteiger partial charge in [-0.2, -0.15) is 0 Å². The first kappa shape index (κ1) is 16.7. The summed E-state index contributed by atoms with van der Waals surface area (Å²) in [5.41, 5.74) is 2.82. The highest BCUT2D eigenvalue weighted by atomic mass is 16.5. The summed E-state index contributed by atoms with van der Waals surface area (Å²) in [6.07, 6.45) is 2.16. The summed E-state index contributed by atoms with van der Waals surface area (Å²) in [4.78, 5) is 10.7. The van der Waals surface area contributed by atoms with Gasteiger partial charge in [0.2, 0.25) is 0 Å². The van der Waals surface area contributed by atoms with Crippen molar-refractivity contribution in [2.75, 3.05) is 14.2 Å². The minimum Gasteiger partial charge on any atom is -0.504 e. The van der Waals surface area contributed by atoms with Gasteiger partial charge in [0.05, 0.1) is 13.7 Å². The molecule has 4 heteroatoms. The number of methoxy groups -OCH3 is 2. The van der Waals surface area contributed by atoms with E-state index < -0.39 is 0 Å². The van der Waals surface area contributed by atoms with Gasteiger partial charge >= 0.3 is 0 Å². The molecule has 0 amide bonds. The number of aliphatic hydroxyl groups is 1. The first-order valence-electron chi connectivity index (χ1n) is 6.41. The van der Waals surface area contributed by atoms with E-state index in [0.717, 1.165) is 11.1 Å². The number of ether oxygens (including phenoxy) is 2. The maximum atomic E-state index is 10.7. The van der Waals surface area contributed by atoms with Crippen LogP contribution in [0.3, 0.4) is 0 Å². The Morgan fingerprint density at radius 1 is 1.29 bits per heavy atom. The van der Waals surface area contributed by atoms with E-state index in [9.17, 15) is 9.90 Å². The second-order valence-corrected chi connectivity index (χ2v) is 4.52. The Hall–Kier alpha value is -2.33. The van der Waals surface area contributed by atoms with Gasteiger partial charge in [-0.15, -0.1) is 0 Å². The molecule has 21 heavy (non-hydrogen) atoms. The predicted molar refractivity (Wildman–Crippen MR) is 82.7 cm³/mol. The number of benzene rings is 1. The molecule has 1 N–H and O–H groups in total. The van der Waals surface area contributed by atoms with Gasteiger partial charge in [0.25, 0.3) is 0 Å².